The van der Waals surface area contributed by atoms with Crippen molar-refractivity contribution in [1.82, 2.24) is 0 Å². The molecule has 0 bridgehead atoms. The van der Waals surface area contributed by atoms with Crippen LogP contribution in [0.15, 0.2) is 30.3 Å². The van der Waals surface area contributed by atoms with Gasteiger partial charge in [0.25, 0.3) is 0 Å². The fourth-order valence-electron chi connectivity index (χ4n) is 2.73. The Morgan fingerprint density at radius 2 is 1.69 bits per heavy atom. The SMILES string of the molecule is CCCCCc1ccc(C(=O)Oc2ccc(CCC)c(F)c2F)c(F)c1. The van der Waals surface area contributed by atoms with Gasteiger partial charge in [0.05, 0.1) is 5.56 Å². The molecule has 0 atom stereocenters. The molecule has 0 aliphatic rings. The summed E-state index contributed by atoms with van der Waals surface area (Å²) < 4.78 is 47.1. The lowest BCUT2D eigenvalue weighted by molar-refractivity contribution is 0.0721. The summed E-state index contributed by atoms with van der Waals surface area (Å²) in [7, 11) is 0. The zero-order valence-electron chi connectivity index (χ0n) is 15.1. The minimum atomic E-state index is -1.24. The number of ether oxygens (including phenoxy) is 1. The number of rotatable bonds is 8. The standard InChI is InChI=1S/C21H23F3O2/c1-3-5-6-8-14-9-11-16(17(22)13-14)21(25)26-18-12-10-15(7-4-2)19(23)20(18)24/h9-13H,3-8H2,1-2H3. The molecule has 0 saturated heterocycles. The lowest BCUT2D eigenvalue weighted by Gasteiger charge is -2.10. The molecule has 140 valence electrons. The summed E-state index contributed by atoms with van der Waals surface area (Å²) in [6, 6.07) is 6.82. The van der Waals surface area contributed by atoms with Crippen LogP contribution in [0.4, 0.5) is 13.2 Å². The normalized spacial score (nSPS) is 10.8. The molecule has 0 saturated carbocycles. The molecule has 0 N–H and O–H groups in total. The van der Waals surface area contributed by atoms with Crippen LogP contribution in [0, 0.1) is 17.5 Å². The number of benzene rings is 2. The molecular weight excluding hydrogens is 341 g/mol. The van der Waals surface area contributed by atoms with E-state index in [0.29, 0.717) is 12.8 Å². The topological polar surface area (TPSA) is 26.3 Å². The summed E-state index contributed by atoms with van der Waals surface area (Å²) in [6.07, 6.45) is 4.81. The number of carbonyl (C=O) groups excluding carboxylic acids is 1. The highest BCUT2D eigenvalue weighted by molar-refractivity contribution is 5.91. The summed E-state index contributed by atoms with van der Waals surface area (Å²) in [5, 5.41) is 0. The van der Waals surface area contributed by atoms with Crippen molar-refractivity contribution in [1.29, 1.82) is 0 Å². The highest BCUT2D eigenvalue weighted by atomic mass is 19.2. The Labute approximate surface area is 152 Å². The zero-order valence-corrected chi connectivity index (χ0v) is 15.1. The Kier molecular flexibility index (Phi) is 7.25. The summed E-state index contributed by atoms with van der Waals surface area (Å²) in [5.41, 5.74) is 0.697. The number of hydrogen-bond donors (Lipinski definition) is 0. The van der Waals surface area contributed by atoms with Crippen molar-refractivity contribution in [2.45, 2.75) is 52.4 Å². The zero-order chi connectivity index (χ0) is 19.1. The molecule has 2 aromatic rings. The summed E-state index contributed by atoms with van der Waals surface area (Å²) in [5.74, 6) is -4.60. The Morgan fingerprint density at radius 1 is 0.923 bits per heavy atom. The lowest BCUT2D eigenvalue weighted by Crippen LogP contribution is -2.13. The van der Waals surface area contributed by atoms with Crippen LogP contribution in [-0.2, 0) is 12.8 Å². The van der Waals surface area contributed by atoms with E-state index in [2.05, 4.69) is 6.92 Å². The van der Waals surface area contributed by atoms with E-state index in [0.717, 1.165) is 31.2 Å². The fraction of sp³-hybridized carbons (Fsp3) is 0.381. The van der Waals surface area contributed by atoms with Crippen LogP contribution in [0.2, 0.25) is 0 Å². The second kappa shape index (κ2) is 9.41. The van der Waals surface area contributed by atoms with Crippen molar-refractivity contribution in [3.05, 3.63) is 64.5 Å². The smallest absolute Gasteiger partial charge is 0.346 e. The van der Waals surface area contributed by atoms with Gasteiger partial charge >= 0.3 is 5.97 Å². The second-order valence-corrected chi connectivity index (χ2v) is 6.26. The van der Waals surface area contributed by atoms with Crippen LogP contribution < -0.4 is 4.74 Å². The molecule has 0 aliphatic heterocycles. The number of halogens is 3. The fourth-order valence-corrected chi connectivity index (χ4v) is 2.73. The van der Waals surface area contributed by atoms with E-state index in [1.165, 1.54) is 24.3 Å². The van der Waals surface area contributed by atoms with Crippen molar-refractivity contribution in [3.63, 3.8) is 0 Å². The third kappa shape index (κ3) is 4.87. The predicted molar refractivity (Wildman–Crippen MR) is 94.9 cm³/mol. The van der Waals surface area contributed by atoms with Gasteiger partial charge in [-0.05, 0) is 48.6 Å². The molecule has 0 spiro atoms. The van der Waals surface area contributed by atoms with E-state index in [9.17, 15) is 18.0 Å². The van der Waals surface area contributed by atoms with Crippen LogP contribution in [0.3, 0.4) is 0 Å². The van der Waals surface area contributed by atoms with E-state index < -0.39 is 29.2 Å². The van der Waals surface area contributed by atoms with Gasteiger partial charge in [0.15, 0.2) is 11.6 Å². The van der Waals surface area contributed by atoms with Crippen LogP contribution in [-0.4, -0.2) is 5.97 Å². The molecule has 0 unspecified atom stereocenters. The van der Waals surface area contributed by atoms with E-state index in [1.54, 1.807) is 6.07 Å². The third-order valence-electron chi connectivity index (χ3n) is 4.17. The monoisotopic (exact) mass is 364 g/mol. The van der Waals surface area contributed by atoms with E-state index in [1.807, 2.05) is 6.92 Å². The van der Waals surface area contributed by atoms with Crippen LogP contribution in [0.5, 0.6) is 5.75 Å². The maximum atomic E-state index is 14.2. The number of hydrogen-bond acceptors (Lipinski definition) is 2. The molecule has 0 fully saturated rings. The Morgan fingerprint density at radius 3 is 2.35 bits per heavy atom. The third-order valence-corrected chi connectivity index (χ3v) is 4.17. The molecule has 0 radical (unpaired) electrons. The van der Waals surface area contributed by atoms with Gasteiger partial charge in [0, 0.05) is 0 Å². The first kappa shape index (κ1) is 20.0. The first-order valence-electron chi connectivity index (χ1n) is 8.95. The molecule has 5 heteroatoms. The van der Waals surface area contributed by atoms with E-state index in [4.69, 9.17) is 4.74 Å². The molecule has 0 amide bonds. The number of unbranched alkanes of at least 4 members (excludes halogenated alkanes) is 2. The average molecular weight is 364 g/mol. The largest absolute Gasteiger partial charge is 0.420 e. The molecular formula is C21H23F3O2. The van der Waals surface area contributed by atoms with E-state index >= 15 is 0 Å². The van der Waals surface area contributed by atoms with Crippen molar-refractivity contribution in [3.8, 4) is 5.75 Å². The molecule has 2 nitrogen and oxygen atoms in total. The molecule has 26 heavy (non-hydrogen) atoms. The van der Waals surface area contributed by atoms with Gasteiger partial charge < -0.3 is 4.74 Å². The van der Waals surface area contributed by atoms with Gasteiger partial charge in [0.1, 0.15) is 5.82 Å². The highest BCUT2D eigenvalue weighted by Crippen LogP contribution is 2.25. The highest BCUT2D eigenvalue weighted by Gasteiger charge is 2.20. The Bertz CT molecular complexity index is 772. The number of carbonyl (C=O) groups is 1. The van der Waals surface area contributed by atoms with Crippen molar-refractivity contribution >= 4 is 5.97 Å². The summed E-state index contributed by atoms with van der Waals surface area (Å²) in [6.45, 7) is 3.93. The van der Waals surface area contributed by atoms with Gasteiger partial charge in [-0.1, -0.05) is 45.2 Å². The molecule has 0 heterocycles. The summed E-state index contributed by atoms with van der Waals surface area (Å²) in [4.78, 5) is 12.1. The average Bonchev–Trinajstić information content (AvgIpc) is 2.62. The maximum absolute atomic E-state index is 14.2. The molecule has 0 aromatic heterocycles. The minimum Gasteiger partial charge on any atom is -0.420 e. The van der Waals surface area contributed by atoms with Crippen molar-refractivity contribution < 1.29 is 22.7 Å². The van der Waals surface area contributed by atoms with Crippen molar-refractivity contribution in [2.24, 2.45) is 0 Å². The lowest BCUT2D eigenvalue weighted by atomic mass is 10.0. The van der Waals surface area contributed by atoms with Gasteiger partial charge in [-0.25, -0.2) is 13.6 Å². The molecule has 0 aliphatic carbocycles. The maximum Gasteiger partial charge on any atom is 0.346 e. The van der Waals surface area contributed by atoms with Gasteiger partial charge in [0.2, 0.25) is 5.82 Å². The van der Waals surface area contributed by atoms with Crippen LogP contribution >= 0.6 is 0 Å². The first-order chi connectivity index (χ1) is 12.5. The number of esters is 1. The second-order valence-electron chi connectivity index (χ2n) is 6.26. The number of aryl methyl sites for hydroxylation is 2. The molecule has 2 aromatic carbocycles. The minimum absolute atomic E-state index is 0.215. The van der Waals surface area contributed by atoms with Crippen LogP contribution in [0.25, 0.3) is 0 Å². The predicted octanol–water partition coefficient (Wildman–Crippen LogP) is 6.01. The quantitative estimate of drug-likeness (QED) is 0.326. The van der Waals surface area contributed by atoms with Crippen molar-refractivity contribution in [2.75, 3.05) is 0 Å². The van der Waals surface area contributed by atoms with Gasteiger partial charge in [-0.3, -0.25) is 0 Å². The summed E-state index contributed by atoms with van der Waals surface area (Å²) >= 11 is 0. The first-order valence-corrected chi connectivity index (χ1v) is 8.95. The van der Waals surface area contributed by atoms with Gasteiger partial charge in [-0.2, -0.15) is 4.39 Å². The van der Waals surface area contributed by atoms with Gasteiger partial charge in [-0.15, -0.1) is 0 Å². The van der Waals surface area contributed by atoms with Crippen LogP contribution in [0.1, 0.15) is 61.0 Å². The Balaban J connectivity index is 2.14. The van der Waals surface area contributed by atoms with E-state index in [-0.39, 0.29) is 11.1 Å². The molecule has 2 rings (SSSR count). The Hall–Kier alpha value is -2.30.